The summed E-state index contributed by atoms with van der Waals surface area (Å²) in [4.78, 5) is 0.265. The lowest BCUT2D eigenvalue weighted by Crippen LogP contribution is -2.30. The summed E-state index contributed by atoms with van der Waals surface area (Å²) >= 11 is 3.41. The Labute approximate surface area is 168 Å². The quantitative estimate of drug-likeness (QED) is 0.526. The fraction of sp³-hybridized carbons (Fsp3) is 0.143. The lowest BCUT2D eigenvalue weighted by molar-refractivity contribution is 0.415. The second-order valence-electron chi connectivity index (χ2n) is 6.15. The first kappa shape index (κ1) is 19.5. The molecule has 0 atom stereocenters. The molecule has 6 heteroatoms. The van der Waals surface area contributed by atoms with Gasteiger partial charge >= 0.3 is 0 Å². The molecule has 0 bridgehead atoms. The molecule has 0 spiro atoms. The van der Waals surface area contributed by atoms with Gasteiger partial charge in [-0.2, -0.15) is 0 Å². The number of methoxy groups -OCH3 is 1. The summed E-state index contributed by atoms with van der Waals surface area (Å²) < 4.78 is 34.3. The van der Waals surface area contributed by atoms with Crippen molar-refractivity contribution in [2.45, 2.75) is 18.4 Å². The van der Waals surface area contributed by atoms with Gasteiger partial charge in [0.25, 0.3) is 10.0 Å². The fourth-order valence-corrected chi connectivity index (χ4v) is 4.37. The first-order valence-corrected chi connectivity index (χ1v) is 10.6. The van der Waals surface area contributed by atoms with Gasteiger partial charge in [0.2, 0.25) is 0 Å². The Balaban J connectivity index is 2.04. The van der Waals surface area contributed by atoms with Gasteiger partial charge < -0.3 is 4.74 Å². The van der Waals surface area contributed by atoms with E-state index in [0.717, 1.165) is 15.6 Å². The molecule has 0 aliphatic carbocycles. The number of ether oxygens (including phenoxy) is 1. The van der Waals surface area contributed by atoms with Crippen LogP contribution < -0.4 is 9.04 Å². The molecule has 0 saturated heterocycles. The molecule has 0 unspecified atom stereocenters. The van der Waals surface area contributed by atoms with Crippen LogP contribution in [0.4, 0.5) is 5.69 Å². The SMILES string of the molecule is COc1ccc(N(Cc2ccc(Br)cc2)S(=O)(=O)c2ccc(C)cc2)cc1. The highest BCUT2D eigenvalue weighted by atomic mass is 79.9. The minimum atomic E-state index is -3.72. The number of rotatable bonds is 6. The summed E-state index contributed by atoms with van der Waals surface area (Å²) in [5, 5.41) is 0. The zero-order valence-corrected chi connectivity index (χ0v) is 17.5. The van der Waals surface area contributed by atoms with Crippen LogP contribution in [0.3, 0.4) is 0 Å². The van der Waals surface area contributed by atoms with E-state index in [9.17, 15) is 8.42 Å². The molecule has 0 amide bonds. The van der Waals surface area contributed by atoms with E-state index in [4.69, 9.17) is 4.74 Å². The van der Waals surface area contributed by atoms with Gasteiger partial charge in [0.05, 0.1) is 24.2 Å². The highest BCUT2D eigenvalue weighted by Gasteiger charge is 2.25. The van der Waals surface area contributed by atoms with Crippen molar-refractivity contribution in [1.29, 1.82) is 0 Å². The monoisotopic (exact) mass is 445 g/mol. The molecule has 3 aromatic rings. The van der Waals surface area contributed by atoms with Crippen molar-refractivity contribution >= 4 is 31.6 Å². The van der Waals surface area contributed by atoms with Crippen LogP contribution in [-0.2, 0) is 16.6 Å². The molecule has 140 valence electrons. The predicted molar refractivity (Wildman–Crippen MR) is 112 cm³/mol. The van der Waals surface area contributed by atoms with E-state index >= 15 is 0 Å². The van der Waals surface area contributed by atoms with Crippen LogP contribution in [0.5, 0.6) is 5.75 Å². The molecule has 0 radical (unpaired) electrons. The molecule has 0 fully saturated rings. The molecule has 0 aromatic heterocycles. The standard InChI is InChI=1S/C21H20BrNO3S/c1-16-3-13-21(14-4-16)27(24,25)23(15-17-5-7-18(22)8-6-17)19-9-11-20(26-2)12-10-19/h3-14H,15H2,1-2H3. The topological polar surface area (TPSA) is 46.6 Å². The van der Waals surface area contributed by atoms with Gasteiger partial charge in [0.1, 0.15) is 5.75 Å². The van der Waals surface area contributed by atoms with Crippen molar-refractivity contribution in [3.8, 4) is 5.75 Å². The molecule has 27 heavy (non-hydrogen) atoms. The maximum absolute atomic E-state index is 13.4. The van der Waals surface area contributed by atoms with Crippen molar-refractivity contribution in [1.82, 2.24) is 0 Å². The van der Waals surface area contributed by atoms with Crippen molar-refractivity contribution in [3.05, 3.63) is 88.4 Å². The summed E-state index contributed by atoms with van der Waals surface area (Å²) in [7, 11) is -2.14. The van der Waals surface area contributed by atoms with Crippen molar-refractivity contribution < 1.29 is 13.2 Å². The summed E-state index contributed by atoms with van der Waals surface area (Å²) in [6.45, 7) is 2.16. The Bertz CT molecular complexity index is 999. The number of aryl methyl sites for hydroxylation is 1. The van der Waals surface area contributed by atoms with Crippen molar-refractivity contribution in [2.75, 3.05) is 11.4 Å². The van der Waals surface area contributed by atoms with Crippen LogP contribution in [0, 0.1) is 6.92 Å². The van der Waals surface area contributed by atoms with Gasteiger partial charge in [-0.1, -0.05) is 45.8 Å². The maximum atomic E-state index is 13.4. The van der Waals surface area contributed by atoms with Gasteiger partial charge in [-0.3, -0.25) is 4.31 Å². The second kappa shape index (κ2) is 8.15. The minimum absolute atomic E-state index is 0.232. The third kappa shape index (κ3) is 4.51. The zero-order chi connectivity index (χ0) is 19.4. The van der Waals surface area contributed by atoms with Crippen molar-refractivity contribution in [2.24, 2.45) is 0 Å². The van der Waals surface area contributed by atoms with Crippen LogP contribution in [0.25, 0.3) is 0 Å². The fourth-order valence-electron chi connectivity index (χ4n) is 2.66. The van der Waals surface area contributed by atoms with Gasteiger partial charge in [0.15, 0.2) is 0 Å². The molecule has 3 rings (SSSR count). The highest BCUT2D eigenvalue weighted by molar-refractivity contribution is 9.10. The molecule has 4 nitrogen and oxygen atoms in total. The first-order chi connectivity index (χ1) is 12.9. The first-order valence-electron chi connectivity index (χ1n) is 8.38. The number of halogens is 1. The van der Waals surface area contributed by atoms with E-state index < -0.39 is 10.0 Å². The average molecular weight is 446 g/mol. The molecule has 3 aromatic carbocycles. The van der Waals surface area contributed by atoms with E-state index in [1.807, 2.05) is 31.2 Å². The lowest BCUT2D eigenvalue weighted by atomic mass is 10.2. The largest absolute Gasteiger partial charge is 0.497 e. The number of sulfonamides is 1. The Morgan fingerprint density at radius 1 is 0.889 bits per heavy atom. The summed E-state index contributed by atoms with van der Waals surface area (Å²) in [6.07, 6.45) is 0. The summed E-state index contributed by atoms with van der Waals surface area (Å²) in [5.74, 6) is 0.676. The van der Waals surface area contributed by atoms with E-state index in [-0.39, 0.29) is 11.4 Å². The molecule has 0 aliphatic heterocycles. The van der Waals surface area contributed by atoms with Crippen LogP contribution in [-0.4, -0.2) is 15.5 Å². The smallest absolute Gasteiger partial charge is 0.264 e. The number of anilines is 1. The Morgan fingerprint density at radius 3 is 2.04 bits per heavy atom. The Kier molecular flexibility index (Phi) is 5.87. The Hall–Kier alpha value is -2.31. The molecular weight excluding hydrogens is 426 g/mol. The van der Waals surface area contributed by atoms with Crippen molar-refractivity contribution in [3.63, 3.8) is 0 Å². The molecular formula is C21H20BrNO3S. The van der Waals surface area contributed by atoms with Crippen LogP contribution >= 0.6 is 15.9 Å². The number of hydrogen-bond acceptors (Lipinski definition) is 3. The van der Waals surface area contributed by atoms with E-state index in [1.54, 1.807) is 55.6 Å². The van der Waals surface area contributed by atoms with Gasteiger partial charge in [-0.05, 0) is 61.0 Å². The van der Waals surface area contributed by atoms with Gasteiger partial charge in [-0.15, -0.1) is 0 Å². The van der Waals surface area contributed by atoms with Crippen LogP contribution in [0.15, 0.2) is 82.2 Å². The maximum Gasteiger partial charge on any atom is 0.264 e. The Morgan fingerprint density at radius 2 is 1.48 bits per heavy atom. The molecule has 0 N–H and O–H groups in total. The normalized spacial score (nSPS) is 11.2. The highest BCUT2D eigenvalue weighted by Crippen LogP contribution is 2.28. The summed E-state index contributed by atoms with van der Waals surface area (Å²) in [5.41, 5.74) is 2.49. The van der Waals surface area contributed by atoms with E-state index in [2.05, 4.69) is 15.9 Å². The third-order valence-corrected chi connectivity index (χ3v) is 6.53. The molecule has 0 saturated carbocycles. The van der Waals surface area contributed by atoms with E-state index in [0.29, 0.717) is 11.4 Å². The second-order valence-corrected chi connectivity index (χ2v) is 8.93. The number of hydrogen-bond donors (Lipinski definition) is 0. The zero-order valence-electron chi connectivity index (χ0n) is 15.1. The lowest BCUT2D eigenvalue weighted by Gasteiger charge is -2.25. The third-order valence-electron chi connectivity index (χ3n) is 4.21. The summed E-state index contributed by atoms with van der Waals surface area (Å²) in [6, 6.07) is 21.5. The van der Waals surface area contributed by atoms with Gasteiger partial charge in [0, 0.05) is 4.47 Å². The predicted octanol–water partition coefficient (Wildman–Crippen LogP) is 5.16. The average Bonchev–Trinajstić information content (AvgIpc) is 2.68. The van der Waals surface area contributed by atoms with Crippen LogP contribution in [0.2, 0.25) is 0 Å². The number of nitrogens with zero attached hydrogens (tertiary/aromatic N) is 1. The van der Waals surface area contributed by atoms with Gasteiger partial charge in [-0.25, -0.2) is 8.42 Å². The minimum Gasteiger partial charge on any atom is -0.497 e. The number of benzene rings is 3. The molecule has 0 aliphatic rings. The molecule has 0 heterocycles. The van der Waals surface area contributed by atoms with Crippen LogP contribution in [0.1, 0.15) is 11.1 Å². The van der Waals surface area contributed by atoms with E-state index in [1.165, 1.54) is 4.31 Å².